The summed E-state index contributed by atoms with van der Waals surface area (Å²) in [5.74, 6) is 1.21. The van der Waals surface area contributed by atoms with Gasteiger partial charge in [0, 0.05) is 25.0 Å². The fraction of sp³-hybridized carbons (Fsp3) is 0.625. The molecule has 0 saturated carbocycles. The summed E-state index contributed by atoms with van der Waals surface area (Å²) < 4.78 is 1.86. The molecule has 0 aromatic carbocycles. The highest BCUT2D eigenvalue weighted by atomic mass is 16.3. The molecule has 0 saturated heterocycles. The van der Waals surface area contributed by atoms with Gasteiger partial charge in [0.25, 0.3) is 0 Å². The normalized spacial score (nSPS) is 13.9. The van der Waals surface area contributed by atoms with Gasteiger partial charge in [-0.2, -0.15) is 5.10 Å². The Hall–Kier alpha value is -1.62. The summed E-state index contributed by atoms with van der Waals surface area (Å²) >= 11 is 0. The van der Waals surface area contributed by atoms with Crippen LogP contribution in [0.2, 0.25) is 0 Å². The molecular weight excluding hydrogens is 264 g/mol. The van der Waals surface area contributed by atoms with Crippen LogP contribution in [0.1, 0.15) is 52.7 Å². The van der Waals surface area contributed by atoms with Crippen LogP contribution >= 0.6 is 0 Å². The Balaban J connectivity index is 2.36. The van der Waals surface area contributed by atoms with Gasteiger partial charge in [-0.3, -0.25) is 0 Å². The molecule has 1 atom stereocenters. The van der Waals surface area contributed by atoms with Crippen molar-refractivity contribution in [1.29, 1.82) is 0 Å². The average molecular weight is 290 g/mol. The molecule has 5 heteroatoms. The van der Waals surface area contributed by atoms with E-state index in [4.69, 9.17) is 0 Å². The van der Waals surface area contributed by atoms with Crippen molar-refractivity contribution in [3.8, 4) is 0 Å². The van der Waals surface area contributed by atoms with Gasteiger partial charge in [0.05, 0.1) is 5.69 Å². The molecule has 0 radical (unpaired) electrons. The molecule has 0 aliphatic heterocycles. The highest BCUT2D eigenvalue weighted by molar-refractivity contribution is 5.68. The van der Waals surface area contributed by atoms with E-state index in [1.54, 1.807) is 6.20 Å². The van der Waals surface area contributed by atoms with Gasteiger partial charge in [-0.1, -0.05) is 34.6 Å². The van der Waals surface area contributed by atoms with E-state index in [1.807, 2.05) is 10.7 Å². The minimum absolute atomic E-state index is 0.0398. The molecule has 5 nitrogen and oxygen atoms in total. The first-order chi connectivity index (χ1) is 9.82. The van der Waals surface area contributed by atoms with Crippen molar-refractivity contribution >= 4 is 11.3 Å². The number of hydrogen-bond acceptors (Lipinski definition) is 4. The van der Waals surface area contributed by atoms with Crippen LogP contribution in [0.3, 0.4) is 0 Å². The number of aliphatic hydroxyl groups excluding tert-OH is 1. The monoisotopic (exact) mass is 290 g/mol. The molecule has 0 fully saturated rings. The van der Waals surface area contributed by atoms with Gasteiger partial charge in [0.1, 0.15) is 5.52 Å². The third-order valence-corrected chi connectivity index (χ3v) is 3.77. The standard InChI is InChI=1S/C16H26N4O/c1-11(2)12-10-13-15(17-7-8-20(13)19-12)18-14(6-9-21)16(3,4)5/h7-8,10-11,14,21H,6,9H2,1-5H3,(H,17,18). The smallest absolute Gasteiger partial charge is 0.152 e. The number of nitrogens with one attached hydrogen (secondary N) is 1. The van der Waals surface area contributed by atoms with E-state index in [0.29, 0.717) is 12.3 Å². The van der Waals surface area contributed by atoms with Crippen molar-refractivity contribution in [2.24, 2.45) is 5.41 Å². The van der Waals surface area contributed by atoms with E-state index in [0.717, 1.165) is 17.0 Å². The lowest BCUT2D eigenvalue weighted by molar-refractivity contribution is 0.235. The van der Waals surface area contributed by atoms with Gasteiger partial charge < -0.3 is 10.4 Å². The Bertz CT molecular complexity index is 598. The second kappa shape index (κ2) is 6.02. The highest BCUT2D eigenvalue weighted by Gasteiger charge is 2.25. The van der Waals surface area contributed by atoms with E-state index >= 15 is 0 Å². The molecular formula is C16H26N4O. The number of anilines is 1. The molecule has 2 aromatic rings. The Morgan fingerprint density at radius 2 is 2.05 bits per heavy atom. The molecule has 2 N–H and O–H groups in total. The van der Waals surface area contributed by atoms with Gasteiger partial charge in [-0.25, -0.2) is 9.50 Å². The topological polar surface area (TPSA) is 62.5 Å². The lowest BCUT2D eigenvalue weighted by atomic mass is 9.85. The molecule has 0 aliphatic carbocycles. The van der Waals surface area contributed by atoms with Crippen molar-refractivity contribution in [1.82, 2.24) is 14.6 Å². The minimum Gasteiger partial charge on any atom is -0.396 e. The van der Waals surface area contributed by atoms with Gasteiger partial charge in [-0.15, -0.1) is 0 Å². The van der Waals surface area contributed by atoms with Crippen LogP contribution in [-0.4, -0.2) is 32.4 Å². The van der Waals surface area contributed by atoms with Gasteiger partial charge >= 0.3 is 0 Å². The lowest BCUT2D eigenvalue weighted by Gasteiger charge is -2.31. The number of nitrogens with zero attached hydrogens (tertiary/aromatic N) is 3. The second-order valence-corrected chi connectivity index (χ2v) is 6.90. The number of fused-ring (bicyclic) bond motifs is 1. The largest absolute Gasteiger partial charge is 0.396 e. The quantitative estimate of drug-likeness (QED) is 0.888. The zero-order valence-corrected chi connectivity index (χ0v) is 13.6. The van der Waals surface area contributed by atoms with E-state index in [-0.39, 0.29) is 18.1 Å². The van der Waals surface area contributed by atoms with Crippen LogP contribution in [0.4, 0.5) is 5.82 Å². The van der Waals surface area contributed by atoms with Crippen LogP contribution in [0.5, 0.6) is 0 Å². The minimum atomic E-state index is 0.0398. The number of aliphatic hydroxyl groups is 1. The molecule has 1 unspecified atom stereocenters. The molecule has 0 spiro atoms. The van der Waals surface area contributed by atoms with Gasteiger partial charge in [0.15, 0.2) is 5.82 Å². The maximum atomic E-state index is 9.29. The molecule has 2 aromatic heterocycles. The molecule has 0 amide bonds. The van der Waals surface area contributed by atoms with Crippen molar-refractivity contribution < 1.29 is 5.11 Å². The first-order valence-corrected chi connectivity index (χ1v) is 7.54. The van der Waals surface area contributed by atoms with Gasteiger partial charge in [0.2, 0.25) is 0 Å². The zero-order chi connectivity index (χ0) is 15.6. The summed E-state index contributed by atoms with van der Waals surface area (Å²) in [7, 11) is 0. The lowest BCUT2D eigenvalue weighted by Crippen LogP contribution is -2.35. The Kier molecular flexibility index (Phi) is 4.52. The van der Waals surface area contributed by atoms with Gasteiger partial charge in [-0.05, 0) is 23.8 Å². The second-order valence-electron chi connectivity index (χ2n) is 6.90. The van der Waals surface area contributed by atoms with Crippen LogP contribution in [0.25, 0.3) is 5.52 Å². The fourth-order valence-corrected chi connectivity index (χ4v) is 2.35. The molecule has 116 valence electrons. The van der Waals surface area contributed by atoms with Crippen LogP contribution < -0.4 is 5.32 Å². The number of rotatable bonds is 5. The van der Waals surface area contributed by atoms with E-state index in [9.17, 15) is 5.11 Å². The van der Waals surface area contributed by atoms with Crippen LogP contribution in [0, 0.1) is 5.41 Å². The summed E-state index contributed by atoms with van der Waals surface area (Å²) in [6.07, 6.45) is 4.31. The predicted octanol–water partition coefficient (Wildman–Crippen LogP) is 3.06. The van der Waals surface area contributed by atoms with E-state index in [1.165, 1.54) is 0 Å². The maximum Gasteiger partial charge on any atom is 0.152 e. The van der Waals surface area contributed by atoms with Crippen molar-refractivity contribution in [2.45, 2.75) is 53.0 Å². The van der Waals surface area contributed by atoms with Crippen molar-refractivity contribution in [2.75, 3.05) is 11.9 Å². The van der Waals surface area contributed by atoms with Crippen molar-refractivity contribution in [3.05, 3.63) is 24.2 Å². The first kappa shape index (κ1) is 15.8. The van der Waals surface area contributed by atoms with Crippen LogP contribution in [0.15, 0.2) is 18.5 Å². The molecule has 2 rings (SSSR count). The summed E-state index contributed by atoms with van der Waals surface area (Å²) in [4.78, 5) is 4.46. The third-order valence-electron chi connectivity index (χ3n) is 3.77. The summed E-state index contributed by atoms with van der Waals surface area (Å²) in [5, 5.41) is 17.3. The molecule has 2 heterocycles. The zero-order valence-electron chi connectivity index (χ0n) is 13.6. The highest BCUT2D eigenvalue weighted by Crippen LogP contribution is 2.27. The van der Waals surface area contributed by atoms with Crippen LogP contribution in [-0.2, 0) is 0 Å². The van der Waals surface area contributed by atoms with Crippen molar-refractivity contribution in [3.63, 3.8) is 0 Å². The first-order valence-electron chi connectivity index (χ1n) is 7.54. The SMILES string of the molecule is CC(C)c1cc2c(NC(CCO)C(C)(C)C)nccn2n1. The predicted molar refractivity (Wildman–Crippen MR) is 85.6 cm³/mol. The average Bonchev–Trinajstić information content (AvgIpc) is 2.82. The fourth-order valence-electron chi connectivity index (χ4n) is 2.35. The Morgan fingerprint density at radius 1 is 1.33 bits per heavy atom. The maximum absolute atomic E-state index is 9.29. The summed E-state index contributed by atoms with van der Waals surface area (Å²) in [6, 6.07) is 2.23. The molecule has 0 bridgehead atoms. The molecule has 21 heavy (non-hydrogen) atoms. The Morgan fingerprint density at radius 3 is 2.62 bits per heavy atom. The van der Waals surface area contributed by atoms with E-state index < -0.39 is 0 Å². The van der Waals surface area contributed by atoms with E-state index in [2.05, 4.69) is 56.1 Å². The molecule has 0 aliphatic rings. The number of aromatic nitrogens is 3. The third kappa shape index (κ3) is 3.53. The Labute approximate surface area is 126 Å². The number of hydrogen-bond donors (Lipinski definition) is 2. The summed E-state index contributed by atoms with van der Waals surface area (Å²) in [5.41, 5.74) is 2.08. The summed E-state index contributed by atoms with van der Waals surface area (Å²) in [6.45, 7) is 10.9.